The second-order valence-corrected chi connectivity index (χ2v) is 5.30. The first kappa shape index (κ1) is 20.1. The molecule has 0 fully saturated rings. The maximum absolute atomic E-state index is 13.9. The van der Waals surface area contributed by atoms with Gasteiger partial charge in [0.1, 0.15) is 5.57 Å². The highest BCUT2D eigenvalue weighted by atomic mass is 79.9. The summed E-state index contributed by atoms with van der Waals surface area (Å²) in [6, 6.07) is 0. The molecule has 0 aliphatic rings. The minimum Gasteiger partial charge on any atom is -0.462 e. The number of carbonyl (C=O) groups is 2. The van der Waals surface area contributed by atoms with Crippen LogP contribution in [-0.4, -0.2) is 30.2 Å². The molecule has 0 saturated carbocycles. The van der Waals surface area contributed by atoms with Gasteiger partial charge in [-0.15, -0.1) is 0 Å². The largest absolute Gasteiger partial charge is 0.462 e. The van der Waals surface area contributed by atoms with Gasteiger partial charge >= 0.3 is 5.97 Å². The van der Waals surface area contributed by atoms with Gasteiger partial charge in [0.25, 0.3) is 0 Å². The number of Topliss-reactive ketones (excluding diaryl/α,β-unsaturated/α-hetero) is 1. The van der Waals surface area contributed by atoms with Crippen molar-refractivity contribution in [2.75, 3.05) is 18.5 Å². The summed E-state index contributed by atoms with van der Waals surface area (Å²) < 4.78 is 58.9. The summed E-state index contributed by atoms with van der Waals surface area (Å²) in [6.07, 6.45) is 0.958. The van der Waals surface area contributed by atoms with Crippen LogP contribution in [0.3, 0.4) is 0 Å². The zero-order valence-corrected chi connectivity index (χ0v) is 14.4. The van der Waals surface area contributed by atoms with Crippen molar-refractivity contribution in [1.29, 1.82) is 0 Å². The summed E-state index contributed by atoms with van der Waals surface area (Å²) >= 11 is 3.11. The Kier molecular flexibility index (Phi) is 7.40. The number of rotatable bonds is 7. The maximum atomic E-state index is 13.9. The van der Waals surface area contributed by atoms with Gasteiger partial charge in [-0.3, -0.25) is 4.79 Å². The van der Waals surface area contributed by atoms with Crippen LogP contribution in [0.4, 0.5) is 17.6 Å². The summed E-state index contributed by atoms with van der Waals surface area (Å²) in [5, 5.41) is 3.06. The monoisotopic (exact) mass is 411 g/mol. The molecule has 0 aliphatic carbocycles. The molecule has 1 aromatic carbocycles. The molecular weight excluding hydrogens is 398 g/mol. The SMILES string of the molecule is CCOC(=O)C(=CNCCBr)C(=O)c1c(C)c(F)c(F)c(F)c1F. The number of ketones is 1. The topological polar surface area (TPSA) is 55.4 Å². The van der Waals surface area contributed by atoms with E-state index >= 15 is 0 Å². The van der Waals surface area contributed by atoms with Gasteiger partial charge in [0, 0.05) is 23.6 Å². The average molecular weight is 412 g/mol. The van der Waals surface area contributed by atoms with Crippen molar-refractivity contribution in [1.82, 2.24) is 5.32 Å². The molecule has 24 heavy (non-hydrogen) atoms. The average Bonchev–Trinajstić information content (AvgIpc) is 2.55. The first-order valence-electron chi connectivity index (χ1n) is 6.81. The Bertz CT molecular complexity index is 663. The Morgan fingerprint density at radius 2 is 1.71 bits per heavy atom. The molecule has 0 unspecified atom stereocenters. The molecule has 0 aliphatic heterocycles. The van der Waals surface area contributed by atoms with Crippen molar-refractivity contribution >= 4 is 27.7 Å². The van der Waals surface area contributed by atoms with Gasteiger partial charge in [0.05, 0.1) is 12.2 Å². The lowest BCUT2D eigenvalue weighted by molar-refractivity contribution is -0.138. The number of nitrogens with one attached hydrogen (secondary N) is 1. The fourth-order valence-corrected chi connectivity index (χ4v) is 2.03. The van der Waals surface area contributed by atoms with E-state index in [-0.39, 0.29) is 6.61 Å². The molecule has 0 atom stereocenters. The van der Waals surface area contributed by atoms with Crippen LogP contribution in [-0.2, 0) is 9.53 Å². The van der Waals surface area contributed by atoms with Crippen molar-refractivity contribution in [3.8, 4) is 0 Å². The molecule has 0 spiro atoms. The van der Waals surface area contributed by atoms with E-state index in [1.54, 1.807) is 0 Å². The Labute approximate surface area is 144 Å². The quantitative estimate of drug-likeness (QED) is 0.0715. The van der Waals surface area contributed by atoms with Crippen LogP contribution in [0, 0.1) is 30.2 Å². The third-order valence-electron chi connectivity index (χ3n) is 2.95. The molecule has 9 heteroatoms. The number of halogens is 5. The zero-order valence-electron chi connectivity index (χ0n) is 12.8. The lowest BCUT2D eigenvalue weighted by Crippen LogP contribution is -2.23. The Hall–Kier alpha value is -1.90. The summed E-state index contributed by atoms with van der Waals surface area (Å²) in [4.78, 5) is 24.3. The number of benzene rings is 1. The van der Waals surface area contributed by atoms with E-state index < -0.39 is 51.7 Å². The first-order chi connectivity index (χ1) is 11.3. The summed E-state index contributed by atoms with van der Waals surface area (Å²) in [5.41, 5.74) is -2.47. The fourth-order valence-electron chi connectivity index (χ4n) is 1.80. The van der Waals surface area contributed by atoms with E-state index in [4.69, 9.17) is 0 Å². The number of hydrogen-bond donors (Lipinski definition) is 1. The highest BCUT2D eigenvalue weighted by Crippen LogP contribution is 2.26. The lowest BCUT2D eigenvalue weighted by atomic mass is 9.97. The van der Waals surface area contributed by atoms with Crippen LogP contribution in [0.2, 0.25) is 0 Å². The molecule has 1 N–H and O–H groups in total. The standard InChI is InChI=1S/C15H14BrF4NO3/c1-3-24-15(23)8(6-21-5-4-16)14(22)9-7(2)10(17)12(19)13(20)11(9)18/h6,21H,3-5H2,1-2H3. The van der Waals surface area contributed by atoms with Crippen molar-refractivity contribution in [2.24, 2.45) is 0 Å². The highest BCUT2D eigenvalue weighted by Gasteiger charge is 2.31. The predicted molar refractivity (Wildman–Crippen MR) is 81.9 cm³/mol. The second kappa shape index (κ2) is 8.81. The van der Waals surface area contributed by atoms with Crippen molar-refractivity contribution in [3.63, 3.8) is 0 Å². The molecule has 0 amide bonds. The molecule has 1 rings (SSSR count). The Morgan fingerprint density at radius 1 is 1.12 bits per heavy atom. The lowest BCUT2D eigenvalue weighted by Gasteiger charge is -2.12. The van der Waals surface area contributed by atoms with Crippen LogP contribution in [0.25, 0.3) is 0 Å². The van der Waals surface area contributed by atoms with E-state index in [2.05, 4.69) is 26.0 Å². The molecule has 4 nitrogen and oxygen atoms in total. The molecule has 1 aromatic rings. The van der Waals surface area contributed by atoms with Crippen LogP contribution < -0.4 is 5.32 Å². The van der Waals surface area contributed by atoms with Gasteiger partial charge in [-0.05, 0) is 13.8 Å². The van der Waals surface area contributed by atoms with Crippen LogP contribution in [0.15, 0.2) is 11.8 Å². The third kappa shape index (κ3) is 4.14. The number of hydrogen-bond acceptors (Lipinski definition) is 4. The van der Waals surface area contributed by atoms with Crippen molar-refractivity contribution < 1.29 is 31.9 Å². The first-order valence-corrected chi connectivity index (χ1v) is 7.93. The minimum absolute atomic E-state index is 0.0739. The maximum Gasteiger partial charge on any atom is 0.343 e. The molecule has 0 saturated heterocycles. The van der Waals surface area contributed by atoms with E-state index in [1.165, 1.54) is 6.92 Å². The predicted octanol–water partition coefficient (Wildman–Crippen LogP) is 3.17. The molecule has 0 bridgehead atoms. The number of carbonyl (C=O) groups excluding carboxylic acids is 2. The Morgan fingerprint density at radius 3 is 2.25 bits per heavy atom. The van der Waals surface area contributed by atoms with Crippen LogP contribution >= 0.6 is 15.9 Å². The minimum atomic E-state index is -2.13. The van der Waals surface area contributed by atoms with E-state index in [1.807, 2.05) is 0 Å². The van der Waals surface area contributed by atoms with Crippen LogP contribution in [0.5, 0.6) is 0 Å². The van der Waals surface area contributed by atoms with Crippen LogP contribution in [0.1, 0.15) is 22.8 Å². The van der Waals surface area contributed by atoms with Gasteiger partial charge in [-0.2, -0.15) is 0 Å². The normalized spacial score (nSPS) is 11.4. The molecule has 132 valence electrons. The van der Waals surface area contributed by atoms with Gasteiger partial charge in [0.15, 0.2) is 23.3 Å². The number of esters is 1. The summed E-state index contributed by atoms with van der Waals surface area (Å²) in [6.45, 7) is 2.62. The van der Waals surface area contributed by atoms with Gasteiger partial charge < -0.3 is 10.1 Å². The molecule has 0 aromatic heterocycles. The van der Waals surface area contributed by atoms with Crippen molar-refractivity contribution in [3.05, 3.63) is 46.2 Å². The number of alkyl halides is 1. The van der Waals surface area contributed by atoms with E-state index in [0.29, 0.717) is 11.9 Å². The second-order valence-electron chi connectivity index (χ2n) is 4.51. The third-order valence-corrected chi connectivity index (χ3v) is 3.35. The molecule has 0 radical (unpaired) electrons. The van der Waals surface area contributed by atoms with Gasteiger partial charge in [-0.1, -0.05) is 15.9 Å². The van der Waals surface area contributed by atoms with Crippen molar-refractivity contribution in [2.45, 2.75) is 13.8 Å². The summed E-state index contributed by atoms with van der Waals surface area (Å²) in [7, 11) is 0. The Balaban J connectivity index is 3.44. The smallest absolute Gasteiger partial charge is 0.343 e. The van der Waals surface area contributed by atoms with E-state index in [0.717, 1.165) is 13.1 Å². The van der Waals surface area contributed by atoms with Gasteiger partial charge in [-0.25, -0.2) is 22.4 Å². The highest BCUT2D eigenvalue weighted by molar-refractivity contribution is 9.09. The number of ether oxygens (including phenoxy) is 1. The zero-order chi connectivity index (χ0) is 18.4. The summed E-state index contributed by atoms with van der Waals surface area (Å²) in [5.74, 6) is -10.1. The van der Waals surface area contributed by atoms with E-state index in [9.17, 15) is 27.2 Å². The molecule has 0 heterocycles. The fraction of sp³-hybridized carbons (Fsp3) is 0.333. The molecular formula is C15H14BrF4NO3. The van der Waals surface area contributed by atoms with Gasteiger partial charge in [0.2, 0.25) is 5.78 Å².